The summed E-state index contributed by atoms with van der Waals surface area (Å²) in [6.45, 7) is 8.34. The van der Waals surface area contributed by atoms with Crippen LogP contribution in [0, 0.1) is 0 Å². The molecule has 114 valence electrons. The molecule has 0 bridgehead atoms. The first kappa shape index (κ1) is 13.6. The van der Waals surface area contributed by atoms with E-state index in [0.29, 0.717) is 0 Å². The average Bonchev–Trinajstić information content (AvgIpc) is 3.15. The van der Waals surface area contributed by atoms with Crippen molar-refractivity contribution in [3.8, 4) is 0 Å². The van der Waals surface area contributed by atoms with E-state index in [4.69, 9.17) is 0 Å². The molecule has 0 radical (unpaired) electrons. The van der Waals surface area contributed by atoms with Crippen LogP contribution >= 0.6 is 0 Å². The summed E-state index contributed by atoms with van der Waals surface area (Å²) in [6.07, 6.45) is 5.30. The highest BCUT2D eigenvalue weighted by Crippen LogP contribution is 2.29. The molecule has 0 saturated carbocycles. The maximum atomic E-state index is 3.46. The zero-order chi connectivity index (χ0) is 14.2. The van der Waals surface area contributed by atoms with Crippen LogP contribution < -0.4 is 10.2 Å². The van der Waals surface area contributed by atoms with Crippen molar-refractivity contribution < 1.29 is 0 Å². The van der Waals surface area contributed by atoms with Crippen molar-refractivity contribution in [2.45, 2.75) is 51.2 Å². The first-order chi connectivity index (χ1) is 10.3. The molecule has 3 aliphatic rings. The van der Waals surface area contributed by atoms with Gasteiger partial charge < -0.3 is 10.2 Å². The van der Waals surface area contributed by atoms with E-state index in [1.807, 2.05) is 0 Å². The van der Waals surface area contributed by atoms with Crippen LogP contribution in [-0.2, 0) is 13.0 Å². The van der Waals surface area contributed by atoms with E-state index in [1.165, 1.54) is 56.6 Å². The first-order valence-corrected chi connectivity index (χ1v) is 8.64. The van der Waals surface area contributed by atoms with E-state index >= 15 is 0 Å². The second-order valence-corrected chi connectivity index (χ2v) is 7.00. The normalized spacial score (nSPS) is 29.9. The van der Waals surface area contributed by atoms with Gasteiger partial charge in [0.25, 0.3) is 0 Å². The van der Waals surface area contributed by atoms with Crippen LogP contribution in [0.15, 0.2) is 18.2 Å². The minimum Gasteiger partial charge on any atom is -0.370 e. The Labute approximate surface area is 128 Å². The van der Waals surface area contributed by atoms with Crippen molar-refractivity contribution in [2.24, 2.45) is 0 Å². The highest BCUT2D eigenvalue weighted by molar-refractivity contribution is 5.52. The molecule has 2 atom stereocenters. The summed E-state index contributed by atoms with van der Waals surface area (Å²) >= 11 is 0. The summed E-state index contributed by atoms with van der Waals surface area (Å²) in [7, 11) is 0. The second kappa shape index (κ2) is 5.62. The van der Waals surface area contributed by atoms with Gasteiger partial charge in [0.1, 0.15) is 0 Å². The summed E-state index contributed by atoms with van der Waals surface area (Å²) in [4.78, 5) is 5.36. The summed E-state index contributed by atoms with van der Waals surface area (Å²) in [5.74, 6) is 0. The number of likely N-dealkylation sites (tertiary alicyclic amines) is 1. The average molecular weight is 285 g/mol. The molecule has 2 fully saturated rings. The number of hydrogen-bond donors (Lipinski definition) is 1. The maximum absolute atomic E-state index is 3.46. The SMILES string of the molecule is CC1CCCN1C1CCN(c2ccc3c(c2)CCNC3)C1. The second-order valence-electron chi connectivity index (χ2n) is 7.00. The van der Waals surface area contributed by atoms with Gasteiger partial charge in [0, 0.05) is 37.4 Å². The smallest absolute Gasteiger partial charge is 0.0369 e. The van der Waals surface area contributed by atoms with Crippen LogP contribution in [0.5, 0.6) is 0 Å². The highest BCUT2D eigenvalue weighted by atomic mass is 15.3. The molecule has 2 saturated heterocycles. The fourth-order valence-corrected chi connectivity index (χ4v) is 4.41. The molecule has 1 aromatic rings. The summed E-state index contributed by atoms with van der Waals surface area (Å²) in [6, 6.07) is 8.70. The molecule has 3 heterocycles. The topological polar surface area (TPSA) is 18.5 Å². The van der Waals surface area contributed by atoms with Gasteiger partial charge >= 0.3 is 0 Å². The monoisotopic (exact) mass is 285 g/mol. The Morgan fingerprint density at radius 2 is 2.10 bits per heavy atom. The van der Waals surface area contributed by atoms with Crippen LogP contribution in [0.4, 0.5) is 5.69 Å². The minimum absolute atomic E-state index is 0.778. The maximum Gasteiger partial charge on any atom is 0.0369 e. The van der Waals surface area contributed by atoms with E-state index in [9.17, 15) is 0 Å². The molecule has 3 heteroatoms. The summed E-state index contributed by atoms with van der Waals surface area (Å²) in [5, 5.41) is 3.46. The van der Waals surface area contributed by atoms with Gasteiger partial charge in [-0.25, -0.2) is 0 Å². The Morgan fingerprint density at radius 1 is 1.14 bits per heavy atom. The number of nitrogens with zero attached hydrogens (tertiary/aromatic N) is 2. The molecule has 1 N–H and O–H groups in total. The quantitative estimate of drug-likeness (QED) is 0.900. The number of fused-ring (bicyclic) bond motifs is 1. The molecule has 0 aliphatic carbocycles. The molecule has 0 spiro atoms. The van der Waals surface area contributed by atoms with Gasteiger partial charge in [0.05, 0.1) is 0 Å². The van der Waals surface area contributed by atoms with Gasteiger partial charge in [0.2, 0.25) is 0 Å². The number of hydrogen-bond acceptors (Lipinski definition) is 3. The van der Waals surface area contributed by atoms with Crippen LogP contribution in [0.3, 0.4) is 0 Å². The molecule has 4 rings (SSSR count). The van der Waals surface area contributed by atoms with E-state index in [2.05, 4.69) is 40.2 Å². The van der Waals surface area contributed by atoms with Gasteiger partial charge in [-0.2, -0.15) is 0 Å². The molecule has 0 amide bonds. The molecule has 1 aromatic carbocycles. The zero-order valence-corrected chi connectivity index (χ0v) is 13.1. The Bertz CT molecular complexity index is 513. The third kappa shape index (κ3) is 2.58. The Kier molecular flexibility index (Phi) is 3.64. The number of benzene rings is 1. The lowest BCUT2D eigenvalue weighted by Gasteiger charge is -2.29. The van der Waals surface area contributed by atoms with Crippen molar-refractivity contribution >= 4 is 5.69 Å². The van der Waals surface area contributed by atoms with Gasteiger partial charge in [-0.15, -0.1) is 0 Å². The fraction of sp³-hybridized carbons (Fsp3) is 0.667. The largest absolute Gasteiger partial charge is 0.370 e. The van der Waals surface area contributed by atoms with Gasteiger partial charge in [-0.3, -0.25) is 4.90 Å². The Balaban J connectivity index is 1.48. The predicted octanol–water partition coefficient (Wildman–Crippen LogP) is 2.40. The molecule has 0 aromatic heterocycles. The van der Waals surface area contributed by atoms with Crippen molar-refractivity contribution in [3.63, 3.8) is 0 Å². The zero-order valence-electron chi connectivity index (χ0n) is 13.1. The Hall–Kier alpha value is -1.06. The number of anilines is 1. The summed E-state index contributed by atoms with van der Waals surface area (Å²) < 4.78 is 0. The fourth-order valence-electron chi connectivity index (χ4n) is 4.41. The van der Waals surface area contributed by atoms with Crippen molar-refractivity contribution in [1.82, 2.24) is 10.2 Å². The van der Waals surface area contributed by atoms with E-state index in [0.717, 1.165) is 25.2 Å². The molecule has 21 heavy (non-hydrogen) atoms. The highest BCUT2D eigenvalue weighted by Gasteiger charge is 2.33. The molecular weight excluding hydrogens is 258 g/mol. The molecule has 3 aliphatic heterocycles. The van der Waals surface area contributed by atoms with Crippen molar-refractivity contribution in [3.05, 3.63) is 29.3 Å². The van der Waals surface area contributed by atoms with Gasteiger partial charge in [-0.05, 0) is 69.0 Å². The van der Waals surface area contributed by atoms with Gasteiger partial charge in [0.15, 0.2) is 0 Å². The minimum atomic E-state index is 0.778. The molecule has 3 nitrogen and oxygen atoms in total. The third-order valence-electron chi connectivity index (χ3n) is 5.68. The number of nitrogens with one attached hydrogen (secondary N) is 1. The first-order valence-electron chi connectivity index (χ1n) is 8.64. The lowest BCUT2D eigenvalue weighted by atomic mass is 10.0. The van der Waals surface area contributed by atoms with Crippen LogP contribution in [0.25, 0.3) is 0 Å². The summed E-state index contributed by atoms with van der Waals surface area (Å²) in [5.41, 5.74) is 4.50. The Morgan fingerprint density at radius 3 is 2.95 bits per heavy atom. The van der Waals surface area contributed by atoms with E-state index in [1.54, 1.807) is 5.56 Å². The lowest BCUT2D eigenvalue weighted by Crippen LogP contribution is -2.39. The number of rotatable bonds is 2. The van der Waals surface area contributed by atoms with Crippen molar-refractivity contribution in [2.75, 3.05) is 31.1 Å². The molecular formula is C18H27N3. The molecule has 2 unspecified atom stereocenters. The van der Waals surface area contributed by atoms with Crippen LogP contribution in [-0.4, -0.2) is 43.2 Å². The predicted molar refractivity (Wildman–Crippen MR) is 87.9 cm³/mol. The standard InChI is InChI=1S/C18H27N3/c1-14-3-2-9-21(14)18-7-10-20(13-18)17-5-4-16-12-19-8-6-15(16)11-17/h4-5,11,14,18-19H,2-3,6-10,12-13H2,1H3. The van der Waals surface area contributed by atoms with E-state index < -0.39 is 0 Å². The van der Waals surface area contributed by atoms with Crippen molar-refractivity contribution in [1.29, 1.82) is 0 Å². The van der Waals surface area contributed by atoms with Gasteiger partial charge in [-0.1, -0.05) is 6.07 Å². The van der Waals surface area contributed by atoms with Crippen LogP contribution in [0.2, 0.25) is 0 Å². The third-order valence-corrected chi connectivity index (χ3v) is 5.68. The lowest BCUT2D eigenvalue weighted by molar-refractivity contribution is 0.204. The van der Waals surface area contributed by atoms with E-state index in [-0.39, 0.29) is 0 Å². The van der Waals surface area contributed by atoms with Crippen LogP contribution in [0.1, 0.15) is 37.3 Å².